The first-order valence-electron chi connectivity index (χ1n) is 9.57. The zero-order valence-corrected chi connectivity index (χ0v) is 15.4. The fraction of sp³-hybridized carbons (Fsp3) is 0.409. The number of nitrogens with zero attached hydrogens (tertiary/aromatic N) is 3. The van der Waals surface area contributed by atoms with Crippen LogP contribution in [0.3, 0.4) is 0 Å². The zero-order chi connectivity index (χ0) is 18.0. The first-order valence-corrected chi connectivity index (χ1v) is 9.57. The highest BCUT2D eigenvalue weighted by Gasteiger charge is 2.16. The van der Waals surface area contributed by atoms with Crippen molar-refractivity contribution in [2.45, 2.75) is 19.4 Å². The third-order valence-corrected chi connectivity index (χ3v) is 4.96. The van der Waals surface area contributed by atoms with E-state index < -0.39 is 0 Å². The molecule has 0 aliphatic carbocycles. The van der Waals surface area contributed by atoms with Gasteiger partial charge in [-0.1, -0.05) is 30.3 Å². The molecular formula is C22H28N4. The number of nitriles is 1. The van der Waals surface area contributed by atoms with Gasteiger partial charge in [0, 0.05) is 38.4 Å². The van der Waals surface area contributed by atoms with E-state index in [2.05, 4.69) is 57.6 Å². The standard InChI is InChI=1S/C22H28N4/c23-18-20-7-6-8-21(17-20)19-24-11-4-5-12-25-13-15-26(16-14-25)22-9-2-1-3-10-22/h1-3,6-10,17,24H,4-5,11-16,19H2. The molecule has 1 aliphatic rings. The maximum absolute atomic E-state index is 8.93. The molecule has 4 heteroatoms. The molecule has 0 radical (unpaired) electrons. The Hall–Kier alpha value is -2.35. The highest BCUT2D eigenvalue weighted by molar-refractivity contribution is 5.46. The van der Waals surface area contributed by atoms with Crippen LogP contribution in [-0.2, 0) is 6.54 Å². The number of rotatable bonds is 8. The van der Waals surface area contributed by atoms with Crippen molar-refractivity contribution in [1.82, 2.24) is 10.2 Å². The van der Waals surface area contributed by atoms with E-state index in [0.29, 0.717) is 0 Å². The fourth-order valence-corrected chi connectivity index (χ4v) is 3.44. The molecule has 0 aromatic heterocycles. The minimum Gasteiger partial charge on any atom is -0.369 e. The van der Waals surface area contributed by atoms with E-state index >= 15 is 0 Å². The van der Waals surface area contributed by atoms with Gasteiger partial charge in [0.2, 0.25) is 0 Å². The van der Waals surface area contributed by atoms with Crippen molar-refractivity contribution < 1.29 is 0 Å². The zero-order valence-electron chi connectivity index (χ0n) is 15.4. The van der Waals surface area contributed by atoms with Gasteiger partial charge in [-0.3, -0.25) is 4.90 Å². The summed E-state index contributed by atoms with van der Waals surface area (Å²) in [5.41, 5.74) is 3.26. The number of hydrogen-bond donors (Lipinski definition) is 1. The van der Waals surface area contributed by atoms with Crippen molar-refractivity contribution in [2.75, 3.05) is 44.2 Å². The normalized spacial score (nSPS) is 15.0. The van der Waals surface area contributed by atoms with Crippen LogP contribution in [0.5, 0.6) is 0 Å². The van der Waals surface area contributed by atoms with Gasteiger partial charge in [-0.2, -0.15) is 5.26 Å². The molecule has 4 nitrogen and oxygen atoms in total. The van der Waals surface area contributed by atoms with Crippen LogP contribution in [0.25, 0.3) is 0 Å². The number of unbranched alkanes of at least 4 members (excludes halogenated alkanes) is 1. The average molecular weight is 348 g/mol. The quantitative estimate of drug-likeness (QED) is 0.744. The lowest BCUT2D eigenvalue weighted by molar-refractivity contribution is 0.252. The molecule has 1 N–H and O–H groups in total. The van der Waals surface area contributed by atoms with Crippen LogP contribution in [0, 0.1) is 11.3 Å². The molecule has 26 heavy (non-hydrogen) atoms. The largest absolute Gasteiger partial charge is 0.369 e. The summed E-state index contributed by atoms with van der Waals surface area (Å²) >= 11 is 0. The molecule has 2 aromatic rings. The van der Waals surface area contributed by atoms with E-state index in [1.807, 2.05) is 18.2 Å². The fourth-order valence-electron chi connectivity index (χ4n) is 3.44. The molecule has 0 atom stereocenters. The second-order valence-corrected chi connectivity index (χ2v) is 6.86. The lowest BCUT2D eigenvalue weighted by atomic mass is 10.1. The summed E-state index contributed by atoms with van der Waals surface area (Å²) in [6.07, 6.45) is 2.42. The molecule has 0 unspecified atom stereocenters. The van der Waals surface area contributed by atoms with E-state index in [-0.39, 0.29) is 0 Å². The monoisotopic (exact) mass is 348 g/mol. The van der Waals surface area contributed by atoms with Gasteiger partial charge in [-0.05, 0) is 55.8 Å². The van der Waals surface area contributed by atoms with Gasteiger partial charge in [0.15, 0.2) is 0 Å². The van der Waals surface area contributed by atoms with Crippen molar-refractivity contribution in [1.29, 1.82) is 5.26 Å². The Bertz CT molecular complexity index is 700. The molecule has 1 aliphatic heterocycles. The molecule has 2 aromatic carbocycles. The lowest BCUT2D eigenvalue weighted by Crippen LogP contribution is -2.46. The van der Waals surface area contributed by atoms with Crippen LogP contribution in [0.15, 0.2) is 54.6 Å². The van der Waals surface area contributed by atoms with E-state index in [4.69, 9.17) is 5.26 Å². The molecule has 0 bridgehead atoms. The number of hydrogen-bond acceptors (Lipinski definition) is 4. The number of para-hydroxylation sites is 1. The number of benzene rings is 2. The van der Waals surface area contributed by atoms with Gasteiger partial charge in [0.05, 0.1) is 11.6 Å². The first kappa shape index (κ1) is 18.4. The van der Waals surface area contributed by atoms with Crippen LogP contribution in [0.4, 0.5) is 5.69 Å². The Kier molecular flexibility index (Phi) is 7.06. The highest BCUT2D eigenvalue weighted by atomic mass is 15.3. The summed E-state index contributed by atoms with van der Waals surface area (Å²) in [6.45, 7) is 7.61. The predicted octanol–water partition coefficient (Wildman–Crippen LogP) is 3.25. The number of anilines is 1. The third-order valence-electron chi connectivity index (χ3n) is 4.96. The number of nitrogens with one attached hydrogen (secondary N) is 1. The van der Waals surface area contributed by atoms with Gasteiger partial charge in [-0.25, -0.2) is 0 Å². The van der Waals surface area contributed by atoms with Gasteiger partial charge < -0.3 is 10.2 Å². The first-order chi connectivity index (χ1) is 12.8. The van der Waals surface area contributed by atoms with Gasteiger partial charge >= 0.3 is 0 Å². The predicted molar refractivity (Wildman–Crippen MR) is 107 cm³/mol. The molecular weight excluding hydrogens is 320 g/mol. The molecule has 0 spiro atoms. The average Bonchev–Trinajstić information content (AvgIpc) is 2.72. The van der Waals surface area contributed by atoms with E-state index in [1.165, 1.54) is 30.6 Å². The summed E-state index contributed by atoms with van der Waals surface area (Å²) in [4.78, 5) is 5.06. The van der Waals surface area contributed by atoms with Crippen molar-refractivity contribution in [2.24, 2.45) is 0 Å². The molecule has 0 saturated carbocycles. The summed E-state index contributed by atoms with van der Waals surface area (Å²) in [7, 11) is 0. The molecule has 1 heterocycles. The molecule has 136 valence electrons. The van der Waals surface area contributed by atoms with Crippen molar-refractivity contribution in [3.05, 3.63) is 65.7 Å². The SMILES string of the molecule is N#Cc1cccc(CNCCCCN2CCN(c3ccccc3)CC2)c1. The Morgan fingerprint density at radius 1 is 0.923 bits per heavy atom. The van der Waals surface area contributed by atoms with Crippen LogP contribution in [0.1, 0.15) is 24.0 Å². The maximum atomic E-state index is 8.93. The molecule has 1 saturated heterocycles. The van der Waals surface area contributed by atoms with Crippen molar-refractivity contribution >= 4 is 5.69 Å². The topological polar surface area (TPSA) is 42.3 Å². The van der Waals surface area contributed by atoms with Crippen LogP contribution >= 0.6 is 0 Å². The van der Waals surface area contributed by atoms with E-state index in [9.17, 15) is 0 Å². The Morgan fingerprint density at radius 3 is 2.50 bits per heavy atom. The maximum Gasteiger partial charge on any atom is 0.0991 e. The Labute approximate surface area is 157 Å². The second-order valence-electron chi connectivity index (χ2n) is 6.86. The summed E-state index contributed by atoms with van der Waals surface area (Å²) < 4.78 is 0. The third kappa shape index (κ3) is 5.59. The van der Waals surface area contributed by atoms with E-state index in [1.54, 1.807) is 0 Å². The molecule has 3 rings (SSSR count). The smallest absolute Gasteiger partial charge is 0.0991 e. The Balaban J connectivity index is 1.26. The lowest BCUT2D eigenvalue weighted by Gasteiger charge is -2.36. The van der Waals surface area contributed by atoms with Gasteiger partial charge in [0.1, 0.15) is 0 Å². The number of piperazine rings is 1. The summed E-state index contributed by atoms with van der Waals surface area (Å²) in [6, 6.07) is 20.7. The van der Waals surface area contributed by atoms with Crippen LogP contribution in [0.2, 0.25) is 0 Å². The minimum absolute atomic E-state index is 0.735. The second kappa shape index (κ2) is 9.96. The van der Waals surface area contributed by atoms with Gasteiger partial charge in [-0.15, -0.1) is 0 Å². The molecule has 1 fully saturated rings. The highest BCUT2D eigenvalue weighted by Crippen LogP contribution is 2.15. The Morgan fingerprint density at radius 2 is 1.73 bits per heavy atom. The van der Waals surface area contributed by atoms with Crippen LogP contribution in [-0.4, -0.2) is 44.2 Å². The summed E-state index contributed by atoms with van der Waals surface area (Å²) in [5, 5.41) is 12.4. The molecule has 0 amide bonds. The van der Waals surface area contributed by atoms with Crippen molar-refractivity contribution in [3.8, 4) is 6.07 Å². The van der Waals surface area contributed by atoms with Crippen LogP contribution < -0.4 is 10.2 Å². The van der Waals surface area contributed by atoms with E-state index in [0.717, 1.165) is 44.8 Å². The summed E-state index contributed by atoms with van der Waals surface area (Å²) in [5.74, 6) is 0. The minimum atomic E-state index is 0.735. The van der Waals surface area contributed by atoms with Crippen molar-refractivity contribution in [3.63, 3.8) is 0 Å². The van der Waals surface area contributed by atoms with Gasteiger partial charge in [0.25, 0.3) is 0 Å².